The molecule has 0 spiro atoms. The number of nitrogens with zero attached hydrogens (tertiary/aromatic N) is 1. The molecule has 38 heavy (non-hydrogen) atoms. The minimum absolute atomic E-state index is 0.0891. The Labute approximate surface area is 235 Å². The zero-order valence-corrected chi connectivity index (χ0v) is 24.3. The van der Waals surface area contributed by atoms with E-state index in [4.69, 9.17) is 10.8 Å². The summed E-state index contributed by atoms with van der Waals surface area (Å²) in [5.74, 6) is -1.47. The van der Waals surface area contributed by atoms with Crippen molar-refractivity contribution < 1.29 is 19.5 Å². The number of nitrogens with two attached hydrogens (primary N) is 1. The first-order chi connectivity index (χ1) is 18.2. The molecule has 1 heterocycles. The van der Waals surface area contributed by atoms with Crippen molar-refractivity contribution in [2.24, 2.45) is 5.73 Å². The van der Waals surface area contributed by atoms with Gasteiger partial charge in [-0.2, -0.15) is 0 Å². The second kappa shape index (κ2) is 12.1. The fourth-order valence-corrected chi connectivity index (χ4v) is 13.9. The number of carboxylic acids is 1. The van der Waals surface area contributed by atoms with Crippen LogP contribution in [0, 0.1) is 0 Å². The first-order valence-corrected chi connectivity index (χ1v) is 18.1. The van der Waals surface area contributed by atoms with Gasteiger partial charge in [-0.05, 0) is 0 Å². The van der Waals surface area contributed by atoms with Gasteiger partial charge in [0.15, 0.2) is 0 Å². The van der Waals surface area contributed by atoms with Crippen LogP contribution in [-0.2, 0) is 14.4 Å². The van der Waals surface area contributed by atoms with Crippen molar-refractivity contribution >= 4 is 66.3 Å². The van der Waals surface area contributed by atoms with Gasteiger partial charge in [0.1, 0.15) is 0 Å². The summed E-state index contributed by atoms with van der Waals surface area (Å²) in [6.07, 6.45) is 2.37. The van der Waals surface area contributed by atoms with Gasteiger partial charge in [-0.15, -0.1) is 0 Å². The summed E-state index contributed by atoms with van der Waals surface area (Å²) in [5, 5.41) is 9.08. The number of imide groups is 1. The molecule has 200 valence electrons. The van der Waals surface area contributed by atoms with Gasteiger partial charge in [0.2, 0.25) is 0 Å². The Morgan fingerprint density at radius 2 is 1.39 bits per heavy atom. The number of hydrogen-bond donors (Lipinski definition) is 2. The molecule has 2 amide bonds. The van der Waals surface area contributed by atoms with Crippen LogP contribution in [0.15, 0.2) is 91.0 Å². The van der Waals surface area contributed by atoms with E-state index >= 15 is 0 Å². The number of likely N-dealkylation sites (tertiary alicyclic amines) is 1. The summed E-state index contributed by atoms with van der Waals surface area (Å²) in [5.41, 5.74) is 5.57. The molecule has 0 bridgehead atoms. The van der Waals surface area contributed by atoms with Crippen LogP contribution in [0.4, 0.5) is 0 Å². The monoisotopic (exact) mass is 614 g/mol. The number of carbonyl (C=O) groups is 3. The van der Waals surface area contributed by atoms with E-state index < -0.39 is 22.6 Å². The minimum atomic E-state index is -3.05. The number of aliphatic carboxylic acids is 1. The molecule has 1 saturated heterocycles. The predicted octanol–water partition coefficient (Wildman–Crippen LogP) is 3.88. The number of rotatable bonds is 12. The summed E-state index contributed by atoms with van der Waals surface area (Å²) in [4.78, 5) is 37.9. The number of thioether (sulfide) groups is 1. The second-order valence-corrected chi connectivity index (χ2v) is 19.8. The quantitative estimate of drug-likeness (QED) is 0.182. The molecular weight excluding hydrogens is 583 g/mol. The average Bonchev–Trinajstić information content (AvgIpc) is 3.22. The Hall–Kier alpha value is -2.51. The van der Waals surface area contributed by atoms with Crippen molar-refractivity contribution in [1.82, 2.24) is 4.90 Å². The van der Waals surface area contributed by atoms with Gasteiger partial charge in [-0.3, -0.25) is 0 Å². The van der Waals surface area contributed by atoms with E-state index in [-0.39, 0.29) is 24.0 Å². The van der Waals surface area contributed by atoms with Gasteiger partial charge in [0.05, 0.1) is 0 Å². The van der Waals surface area contributed by atoms with Gasteiger partial charge < -0.3 is 0 Å². The van der Waals surface area contributed by atoms with Gasteiger partial charge in [0.25, 0.3) is 0 Å². The van der Waals surface area contributed by atoms with E-state index in [2.05, 4.69) is 88.3 Å². The zero-order valence-electron chi connectivity index (χ0n) is 21.0. The first kappa shape index (κ1) is 28.5. The van der Waals surface area contributed by atoms with Gasteiger partial charge in [-0.1, -0.05) is 0 Å². The molecule has 4 rings (SSSR count). The Morgan fingerprint density at radius 1 is 0.921 bits per heavy atom. The average molecular weight is 616 g/mol. The van der Waals surface area contributed by atoms with Crippen molar-refractivity contribution in [2.45, 2.75) is 30.6 Å². The number of amides is 2. The number of carbonyl (C=O) groups excluding carboxylic acids is 2. The van der Waals surface area contributed by atoms with Gasteiger partial charge in [-0.25, -0.2) is 0 Å². The molecule has 6 nitrogen and oxygen atoms in total. The van der Waals surface area contributed by atoms with Crippen LogP contribution in [0.1, 0.15) is 19.3 Å². The molecule has 1 fully saturated rings. The SMILES string of the molecule is N[C@@H](CSC1CC(=O)N(CCCCP(Br)(c2ccccc2)(c2ccccc2)c2ccccc2)C1=O)C(=O)O. The van der Waals surface area contributed by atoms with E-state index in [0.29, 0.717) is 13.0 Å². The van der Waals surface area contributed by atoms with E-state index in [9.17, 15) is 14.4 Å². The van der Waals surface area contributed by atoms with Crippen LogP contribution in [0.5, 0.6) is 0 Å². The Balaban J connectivity index is 1.55. The Bertz CT molecular complexity index is 1180. The van der Waals surface area contributed by atoms with Crippen LogP contribution in [0.2, 0.25) is 0 Å². The van der Waals surface area contributed by atoms with Crippen molar-refractivity contribution in [3.05, 3.63) is 91.0 Å². The Kier molecular flexibility index (Phi) is 9.09. The fraction of sp³-hybridized carbons (Fsp3) is 0.276. The molecule has 1 unspecified atom stereocenters. The molecule has 0 aromatic heterocycles. The number of hydrogen-bond acceptors (Lipinski definition) is 5. The third kappa shape index (κ3) is 5.59. The molecule has 9 heteroatoms. The predicted molar refractivity (Wildman–Crippen MR) is 161 cm³/mol. The van der Waals surface area contributed by atoms with Crippen LogP contribution in [0.25, 0.3) is 0 Å². The van der Waals surface area contributed by atoms with Crippen molar-refractivity contribution in [3.63, 3.8) is 0 Å². The van der Waals surface area contributed by atoms with Gasteiger partial charge in [0, 0.05) is 0 Å². The van der Waals surface area contributed by atoms with Gasteiger partial charge >= 0.3 is 236 Å². The summed E-state index contributed by atoms with van der Waals surface area (Å²) >= 11 is 5.58. The van der Waals surface area contributed by atoms with Crippen LogP contribution in [-0.4, -0.2) is 57.5 Å². The normalized spacial score (nSPS) is 17.7. The van der Waals surface area contributed by atoms with Crippen molar-refractivity contribution in [1.29, 1.82) is 0 Å². The van der Waals surface area contributed by atoms with E-state index in [1.807, 2.05) is 18.2 Å². The maximum absolute atomic E-state index is 12.9. The van der Waals surface area contributed by atoms with Crippen molar-refractivity contribution in [3.8, 4) is 0 Å². The molecule has 1 aliphatic rings. The summed E-state index contributed by atoms with van der Waals surface area (Å²) < 4.78 is 0. The van der Waals surface area contributed by atoms with E-state index in [1.165, 1.54) is 20.8 Å². The van der Waals surface area contributed by atoms with Crippen LogP contribution >= 0.6 is 32.6 Å². The maximum atomic E-state index is 12.9. The summed E-state index contributed by atoms with van der Waals surface area (Å²) in [7, 11) is 0. The number of benzene rings is 3. The molecule has 3 aromatic rings. The molecule has 2 atom stereocenters. The molecule has 3 aromatic carbocycles. The number of unbranched alkanes of at least 4 members (excludes halogenated alkanes) is 1. The molecule has 1 aliphatic heterocycles. The second-order valence-electron chi connectivity index (χ2n) is 9.47. The standard InChI is InChI=1S/C29H32BrN2O4PS/c30-37(22-12-4-1-5-13-22,23-14-6-2-7-15-23,24-16-8-3-9-17-24)19-11-10-18-32-27(33)20-26(28(32)34)38-21-25(31)29(35)36/h1-9,12-17,25-26H,10-11,18-21,31H2,(H,35,36)/t25-,26?/m0/s1. The topological polar surface area (TPSA) is 101 Å². The van der Waals surface area contributed by atoms with Crippen LogP contribution < -0.4 is 21.6 Å². The van der Waals surface area contributed by atoms with E-state index in [0.717, 1.165) is 24.3 Å². The number of halogens is 1. The molecule has 0 saturated carbocycles. The van der Waals surface area contributed by atoms with E-state index in [1.54, 1.807) is 0 Å². The summed E-state index contributed by atoms with van der Waals surface area (Å²) in [6.45, 7) is 0.345. The third-order valence-electron chi connectivity index (χ3n) is 7.09. The fourth-order valence-electron chi connectivity index (χ4n) is 5.04. The van der Waals surface area contributed by atoms with Crippen molar-refractivity contribution in [2.75, 3.05) is 18.5 Å². The Morgan fingerprint density at radius 3 is 1.84 bits per heavy atom. The number of carboxylic acid groups (broad SMARTS) is 1. The third-order valence-corrected chi connectivity index (χ3v) is 18.4. The molecule has 0 radical (unpaired) electrons. The first-order valence-electron chi connectivity index (χ1n) is 12.6. The molecule has 3 N–H and O–H groups in total. The molecule has 0 aliphatic carbocycles. The summed E-state index contributed by atoms with van der Waals surface area (Å²) in [6, 6.07) is 30.5. The zero-order chi connectivity index (χ0) is 27.2. The molecular formula is C29H32BrN2O4PS. The van der Waals surface area contributed by atoms with Crippen LogP contribution in [0.3, 0.4) is 0 Å².